The summed E-state index contributed by atoms with van der Waals surface area (Å²) in [6.45, 7) is -0.726. The van der Waals surface area contributed by atoms with Crippen molar-refractivity contribution >= 4 is 29.5 Å². The van der Waals surface area contributed by atoms with Crippen molar-refractivity contribution in [3.63, 3.8) is 0 Å². The van der Waals surface area contributed by atoms with Gasteiger partial charge in [0.2, 0.25) is 17.1 Å². The molecule has 1 fully saturated rings. The minimum absolute atomic E-state index is 0.0390. The number of carbonyl (C=O) groups is 4. The number of anilines is 1. The highest BCUT2D eigenvalue weighted by molar-refractivity contribution is 6.06. The average Bonchev–Trinajstić information content (AvgIpc) is 3.38. The molecule has 1 aliphatic heterocycles. The van der Waals surface area contributed by atoms with Crippen LogP contribution in [-0.4, -0.2) is 69.3 Å². The third-order valence-corrected chi connectivity index (χ3v) is 7.43. The summed E-state index contributed by atoms with van der Waals surface area (Å²) in [5.74, 6) is -4.70. The van der Waals surface area contributed by atoms with Crippen LogP contribution >= 0.6 is 0 Å². The van der Waals surface area contributed by atoms with Gasteiger partial charge >= 0.3 is 18.4 Å². The summed E-state index contributed by atoms with van der Waals surface area (Å²) in [5.41, 5.74) is -5.26. The van der Waals surface area contributed by atoms with E-state index in [-0.39, 0.29) is 36.6 Å². The summed E-state index contributed by atoms with van der Waals surface area (Å²) >= 11 is 0. The van der Waals surface area contributed by atoms with Gasteiger partial charge in [0.15, 0.2) is 0 Å². The number of aliphatic hydroxyl groups is 1. The lowest BCUT2D eigenvalue weighted by molar-refractivity contribution is -0.242. The number of hydrogen-bond acceptors (Lipinski definition) is 6. The van der Waals surface area contributed by atoms with E-state index in [0.717, 1.165) is 18.2 Å². The average molecular weight is 619 g/mol. The number of nitrogens with one attached hydrogen (secondary N) is 1. The Bertz CT molecular complexity index is 1460. The van der Waals surface area contributed by atoms with Crippen LogP contribution in [-0.2, 0) is 37.7 Å². The molecule has 4 rings (SSSR count). The Labute approximate surface area is 239 Å². The lowest BCUT2D eigenvalue weighted by atomic mass is 9.94. The molecular formula is C27H24F7N3O6. The molecule has 1 aliphatic carbocycles. The van der Waals surface area contributed by atoms with Gasteiger partial charge in [-0.2, -0.15) is 26.3 Å². The van der Waals surface area contributed by atoms with Gasteiger partial charge in [0.1, 0.15) is 18.4 Å². The molecule has 1 saturated heterocycles. The standard InChI is InChI=1S/C27H24F7N3O6/c1-14(26(29,30)31)36(12-15-3-5-17(28)6-4-15)20(38)13-37-22(40)25(43-23(37)41)10-9-16-11-18(7-8-19(16)25)35-21(39)24(2,42)27(32,33)34/h3-8,11,14,42H,9-10,12-13H2,1-2H3,(H,35,39)/t14-,24-,25+/m0/s1. The van der Waals surface area contributed by atoms with Crippen molar-refractivity contribution in [3.05, 3.63) is 65.0 Å². The Kier molecular flexibility index (Phi) is 7.97. The van der Waals surface area contributed by atoms with E-state index in [2.05, 4.69) is 0 Å². The summed E-state index contributed by atoms with van der Waals surface area (Å²) in [6, 6.07) is 5.55. The van der Waals surface area contributed by atoms with E-state index in [9.17, 15) is 55.0 Å². The van der Waals surface area contributed by atoms with Gasteiger partial charge in [-0.15, -0.1) is 0 Å². The zero-order chi connectivity index (χ0) is 32.1. The zero-order valence-corrected chi connectivity index (χ0v) is 22.5. The maximum absolute atomic E-state index is 13.6. The first-order valence-corrected chi connectivity index (χ1v) is 12.7. The van der Waals surface area contributed by atoms with Crippen LogP contribution in [0.4, 0.5) is 41.2 Å². The largest absolute Gasteiger partial charge is 0.427 e. The molecule has 0 bridgehead atoms. The molecule has 43 heavy (non-hydrogen) atoms. The Balaban J connectivity index is 1.55. The van der Waals surface area contributed by atoms with E-state index < -0.39 is 72.3 Å². The molecular weight excluding hydrogens is 595 g/mol. The first-order valence-electron chi connectivity index (χ1n) is 12.7. The lowest BCUT2D eigenvalue weighted by Gasteiger charge is -2.31. The lowest BCUT2D eigenvalue weighted by Crippen LogP contribution is -2.52. The second-order valence-corrected chi connectivity index (χ2v) is 10.3. The van der Waals surface area contributed by atoms with E-state index in [1.165, 1.54) is 24.3 Å². The van der Waals surface area contributed by atoms with Crippen molar-refractivity contribution in [1.82, 2.24) is 9.80 Å². The number of benzene rings is 2. The molecule has 16 heteroatoms. The number of imide groups is 1. The zero-order valence-electron chi connectivity index (χ0n) is 22.5. The fourth-order valence-corrected chi connectivity index (χ4v) is 4.74. The van der Waals surface area contributed by atoms with Crippen LogP contribution in [0.5, 0.6) is 0 Å². The van der Waals surface area contributed by atoms with Crippen molar-refractivity contribution in [1.29, 1.82) is 0 Å². The number of fused-ring (bicyclic) bond motifs is 2. The minimum atomic E-state index is -5.27. The van der Waals surface area contributed by atoms with E-state index in [4.69, 9.17) is 4.74 Å². The summed E-state index contributed by atoms with van der Waals surface area (Å²) in [7, 11) is 0. The number of halogens is 7. The van der Waals surface area contributed by atoms with Crippen molar-refractivity contribution in [2.45, 2.75) is 62.8 Å². The van der Waals surface area contributed by atoms with Gasteiger partial charge in [0.25, 0.3) is 11.8 Å². The molecule has 2 aliphatic rings. The van der Waals surface area contributed by atoms with E-state index in [1.54, 1.807) is 0 Å². The molecule has 0 saturated carbocycles. The highest BCUT2D eigenvalue weighted by atomic mass is 19.4. The summed E-state index contributed by atoms with van der Waals surface area (Å²) < 4.78 is 98.4. The normalized spacial score (nSPS) is 20.5. The molecule has 9 nitrogen and oxygen atoms in total. The SMILES string of the molecule is C[C@H](N(Cc1ccc(F)cc1)C(=O)CN1C(=O)O[C@@]2(CCc3cc(NC(=O)[C@](C)(O)C(F)(F)F)ccc32)C1=O)C(F)(F)F. The monoisotopic (exact) mass is 619 g/mol. The highest BCUT2D eigenvalue weighted by Crippen LogP contribution is 2.46. The summed E-state index contributed by atoms with van der Waals surface area (Å²) in [5, 5.41) is 11.5. The van der Waals surface area contributed by atoms with Crippen LogP contribution in [0.15, 0.2) is 42.5 Å². The van der Waals surface area contributed by atoms with Crippen molar-refractivity contribution in [2.75, 3.05) is 11.9 Å². The Morgan fingerprint density at radius 2 is 1.72 bits per heavy atom. The molecule has 0 radical (unpaired) electrons. The van der Waals surface area contributed by atoms with Crippen LogP contribution in [0.3, 0.4) is 0 Å². The number of rotatable bonds is 7. The van der Waals surface area contributed by atoms with Gasteiger partial charge in [-0.3, -0.25) is 14.4 Å². The molecule has 0 unspecified atom stereocenters. The molecule has 4 amide bonds. The van der Waals surface area contributed by atoms with Crippen molar-refractivity contribution in [3.8, 4) is 0 Å². The number of ether oxygens (including phenoxy) is 1. The van der Waals surface area contributed by atoms with Crippen molar-refractivity contribution in [2.24, 2.45) is 0 Å². The van der Waals surface area contributed by atoms with Crippen LogP contribution in [0.2, 0.25) is 0 Å². The van der Waals surface area contributed by atoms with Crippen LogP contribution in [0.25, 0.3) is 0 Å². The Morgan fingerprint density at radius 1 is 1.09 bits per heavy atom. The fraction of sp³-hybridized carbons (Fsp3) is 0.407. The maximum Gasteiger partial charge on any atom is 0.426 e. The topological polar surface area (TPSA) is 116 Å². The Hall–Kier alpha value is -4.21. The predicted octanol–water partition coefficient (Wildman–Crippen LogP) is 4.18. The van der Waals surface area contributed by atoms with Gasteiger partial charge in [-0.1, -0.05) is 18.2 Å². The van der Waals surface area contributed by atoms with Gasteiger partial charge in [-0.25, -0.2) is 14.1 Å². The second kappa shape index (κ2) is 10.8. The van der Waals surface area contributed by atoms with Gasteiger partial charge in [0.05, 0.1) is 0 Å². The van der Waals surface area contributed by atoms with E-state index in [1.807, 2.05) is 5.32 Å². The molecule has 2 aromatic rings. The van der Waals surface area contributed by atoms with E-state index in [0.29, 0.717) is 22.3 Å². The van der Waals surface area contributed by atoms with Crippen molar-refractivity contribution < 1.29 is 59.8 Å². The van der Waals surface area contributed by atoms with Gasteiger partial charge < -0.3 is 20.1 Å². The van der Waals surface area contributed by atoms with E-state index >= 15 is 0 Å². The third kappa shape index (κ3) is 5.87. The first kappa shape index (κ1) is 31.7. The Morgan fingerprint density at radius 3 is 2.30 bits per heavy atom. The molecule has 232 valence electrons. The number of hydrogen-bond donors (Lipinski definition) is 2. The van der Waals surface area contributed by atoms with Crippen LogP contribution < -0.4 is 5.32 Å². The maximum atomic E-state index is 13.6. The summed E-state index contributed by atoms with van der Waals surface area (Å²) in [4.78, 5) is 52.1. The minimum Gasteiger partial charge on any atom is -0.427 e. The molecule has 1 spiro atoms. The molecule has 1 heterocycles. The number of aryl methyl sites for hydroxylation is 1. The molecule has 2 N–H and O–H groups in total. The van der Waals surface area contributed by atoms with Crippen LogP contribution in [0.1, 0.15) is 37.0 Å². The smallest absolute Gasteiger partial charge is 0.426 e. The number of carbonyl (C=O) groups excluding carboxylic acids is 4. The number of alkyl halides is 6. The number of amides is 4. The van der Waals surface area contributed by atoms with Gasteiger partial charge in [0, 0.05) is 24.2 Å². The fourth-order valence-electron chi connectivity index (χ4n) is 4.74. The number of nitrogens with zero attached hydrogens (tertiary/aromatic N) is 2. The van der Waals surface area contributed by atoms with Gasteiger partial charge in [-0.05, 0) is 55.7 Å². The summed E-state index contributed by atoms with van der Waals surface area (Å²) in [6.07, 6.45) is -11.6. The molecule has 3 atom stereocenters. The highest BCUT2D eigenvalue weighted by Gasteiger charge is 2.59. The quantitative estimate of drug-likeness (QED) is 0.450. The van der Waals surface area contributed by atoms with Crippen LogP contribution in [0, 0.1) is 5.82 Å². The second-order valence-electron chi connectivity index (χ2n) is 10.3. The molecule has 0 aromatic heterocycles. The predicted molar refractivity (Wildman–Crippen MR) is 132 cm³/mol. The molecule has 2 aromatic carbocycles. The third-order valence-electron chi connectivity index (χ3n) is 7.43. The first-order chi connectivity index (χ1) is 19.8.